The van der Waals surface area contributed by atoms with Gasteiger partial charge in [0.15, 0.2) is 0 Å². The lowest BCUT2D eigenvalue weighted by Gasteiger charge is -2.07. The van der Waals surface area contributed by atoms with Crippen LogP contribution in [0.3, 0.4) is 0 Å². The van der Waals surface area contributed by atoms with Crippen LogP contribution in [0.15, 0.2) is 0 Å². The van der Waals surface area contributed by atoms with Crippen molar-refractivity contribution in [2.75, 3.05) is 18.4 Å². The van der Waals surface area contributed by atoms with Gasteiger partial charge in [-0.15, -0.1) is 0 Å². The zero-order valence-corrected chi connectivity index (χ0v) is 10.7. The molecule has 5 nitrogen and oxygen atoms in total. The van der Waals surface area contributed by atoms with Crippen LogP contribution in [0.2, 0.25) is 0 Å². The summed E-state index contributed by atoms with van der Waals surface area (Å²) >= 11 is 1.29. The van der Waals surface area contributed by atoms with Crippen LogP contribution in [0, 0.1) is 5.92 Å². The second kappa shape index (κ2) is 6.42. The van der Waals surface area contributed by atoms with Gasteiger partial charge in [-0.05, 0) is 5.92 Å². The fourth-order valence-corrected chi connectivity index (χ4v) is 1.65. The third-order valence-electron chi connectivity index (χ3n) is 1.89. The van der Waals surface area contributed by atoms with Gasteiger partial charge in [0.2, 0.25) is 11.0 Å². The normalized spacial score (nSPS) is 10.5. The van der Waals surface area contributed by atoms with E-state index in [4.69, 9.17) is 0 Å². The highest BCUT2D eigenvalue weighted by atomic mass is 32.1. The molecule has 0 radical (unpaired) electrons. The summed E-state index contributed by atoms with van der Waals surface area (Å²) in [4.78, 5) is 15.6. The van der Waals surface area contributed by atoms with E-state index in [9.17, 15) is 4.79 Å². The van der Waals surface area contributed by atoms with Crippen molar-refractivity contribution in [3.8, 4) is 0 Å². The highest BCUT2D eigenvalue weighted by molar-refractivity contribution is 7.09. The molecule has 1 heterocycles. The summed E-state index contributed by atoms with van der Waals surface area (Å²) in [5, 5.41) is 6.49. The number of aromatic nitrogens is 2. The average Bonchev–Trinajstić information content (AvgIpc) is 2.71. The minimum Gasteiger partial charge on any atom is -0.354 e. The third-order valence-corrected chi connectivity index (χ3v) is 2.60. The van der Waals surface area contributed by atoms with Gasteiger partial charge in [0.25, 0.3) is 0 Å². The second-order valence-corrected chi connectivity index (χ2v) is 4.67. The minimum absolute atomic E-state index is 0.0121. The highest BCUT2D eigenvalue weighted by Crippen LogP contribution is 2.10. The average molecular weight is 242 g/mol. The lowest BCUT2D eigenvalue weighted by Crippen LogP contribution is -2.32. The first-order valence-corrected chi connectivity index (χ1v) is 6.22. The van der Waals surface area contributed by atoms with Crippen LogP contribution >= 0.6 is 11.5 Å². The van der Waals surface area contributed by atoms with Crippen LogP contribution in [0.25, 0.3) is 0 Å². The molecule has 1 aromatic rings. The molecule has 0 saturated carbocycles. The topological polar surface area (TPSA) is 66.9 Å². The monoisotopic (exact) mass is 242 g/mol. The number of carbonyl (C=O) groups is 1. The first kappa shape index (κ1) is 12.9. The van der Waals surface area contributed by atoms with E-state index in [2.05, 4.69) is 33.8 Å². The number of nitrogens with one attached hydrogen (secondary N) is 2. The van der Waals surface area contributed by atoms with Crippen molar-refractivity contribution in [3.05, 3.63) is 5.82 Å². The number of carbonyl (C=O) groups excluding carboxylic acids is 1. The highest BCUT2D eigenvalue weighted by Gasteiger charge is 2.05. The van der Waals surface area contributed by atoms with Crippen LogP contribution in [-0.4, -0.2) is 28.4 Å². The van der Waals surface area contributed by atoms with Gasteiger partial charge >= 0.3 is 0 Å². The lowest BCUT2D eigenvalue weighted by atomic mass is 10.2. The van der Waals surface area contributed by atoms with Crippen LogP contribution in [0.5, 0.6) is 0 Å². The molecule has 0 spiro atoms. The smallest absolute Gasteiger partial charge is 0.239 e. The number of rotatable bonds is 6. The Morgan fingerprint density at radius 1 is 1.50 bits per heavy atom. The fourth-order valence-electron chi connectivity index (χ4n) is 1.01. The molecule has 0 bridgehead atoms. The summed E-state index contributed by atoms with van der Waals surface area (Å²) in [5.41, 5.74) is 0. The predicted molar refractivity (Wildman–Crippen MR) is 65.6 cm³/mol. The fraction of sp³-hybridized carbons (Fsp3) is 0.700. The number of hydrogen-bond donors (Lipinski definition) is 2. The van der Waals surface area contributed by atoms with Crippen molar-refractivity contribution in [1.29, 1.82) is 0 Å². The van der Waals surface area contributed by atoms with Crippen molar-refractivity contribution < 1.29 is 4.79 Å². The Morgan fingerprint density at radius 2 is 2.25 bits per heavy atom. The molecule has 6 heteroatoms. The van der Waals surface area contributed by atoms with Crippen LogP contribution in [0.1, 0.15) is 26.6 Å². The zero-order valence-electron chi connectivity index (χ0n) is 9.91. The maximum absolute atomic E-state index is 11.4. The Bertz CT molecular complexity index is 337. The SMILES string of the molecule is CCc1nsc(NCC(=O)NCC(C)C)n1. The van der Waals surface area contributed by atoms with Gasteiger partial charge in [-0.3, -0.25) is 4.79 Å². The van der Waals surface area contributed by atoms with Gasteiger partial charge < -0.3 is 10.6 Å². The zero-order chi connectivity index (χ0) is 12.0. The molecule has 0 fully saturated rings. The van der Waals surface area contributed by atoms with E-state index in [1.807, 2.05) is 6.92 Å². The second-order valence-electron chi connectivity index (χ2n) is 3.92. The standard InChI is InChI=1S/C10H18N4OS/c1-4-8-13-10(16-14-8)12-6-9(15)11-5-7(2)3/h7H,4-6H2,1-3H3,(H,11,15)(H,12,13,14). The molecule has 0 saturated heterocycles. The van der Waals surface area contributed by atoms with E-state index in [1.165, 1.54) is 11.5 Å². The molecule has 0 aromatic carbocycles. The molecular formula is C10H18N4OS. The molecule has 1 amide bonds. The summed E-state index contributed by atoms with van der Waals surface area (Å²) < 4.78 is 4.12. The maximum atomic E-state index is 11.4. The van der Waals surface area contributed by atoms with Crippen molar-refractivity contribution in [2.45, 2.75) is 27.2 Å². The van der Waals surface area contributed by atoms with Crippen LogP contribution < -0.4 is 10.6 Å². The molecular weight excluding hydrogens is 224 g/mol. The molecule has 1 rings (SSSR count). The van der Waals surface area contributed by atoms with E-state index >= 15 is 0 Å². The van der Waals surface area contributed by atoms with Crippen LogP contribution in [-0.2, 0) is 11.2 Å². The molecule has 1 aromatic heterocycles. The van der Waals surface area contributed by atoms with Crippen molar-refractivity contribution in [2.24, 2.45) is 5.92 Å². The van der Waals surface area contributed by atoms with Crippen molar-refractivity contribution in [1.82, 2.24) is 14.7 Å². The Kier molecular flexibility index (Phi) is 5.18. The lowest BCUT2D eigenvalue weighted by molar-refractivity contribution is -0.119. The Balaban J connectivity index is 2.26. The number of nitrogens with zero attached hydrogens (tertiary/aromatic N) is 2. The molecule has 0 aliphatic heterocycles. The van der Waals surface area contributed by atoms with Gasteiger partial charge in [0, 0.05) is 24.5 Å². The van der Waals surface area contributed by atoms with Gasteiger partial charge in [0.05, 0.1) is 6.54 Å². The first-order chi connectivity index (χ1) is 7.61. The Labute approximate surface area is 99.8 Å². The summed E-state index contributed by atoms with van der Waals surface area (Å²) in [7, 11) is 0. The van der Waals surface area contributed by atoms with E-state index in [0.29, 0.717) is 17.6 Å². The van der Waals surface area contributed by atoms with E-state index < -0.39 is 0 Å². The molecule has 0 aliphatic carbocycles. The Morgan fingerprint density at radius 3 is 2.81 bits per heavy atom. The summed E-state index contributed by atoms with van der Waals surface area (Å²) in [6, 6.07) is 0. The third kappa shape index (κ3) is 4.57. The van der Waals surface area contributed by atoms with Gasteiger partial charge in [-0.1, -0.05) is 20.8 Å². The van der Waals surface area contributed by atoms with Gasteiger partial charge in [-0.2, -0.15) is 4.37 Å². The van der Waals surface area contributed by atoms with Crippen molar-refractivity contribution in [3.63, 3.8) is 0 Å². The number of amides is 1. The minimum atomic E-state index is -0.0121. The number of aryl methyl sites for hydroxylation is 1. The van der Waals surface area contributed by atoms with E-state index in [0.717, 1.165) is 12.2 Å². The molecule has 2 N–H and O–H groups in total. The number of anilines is 1. The van der Waals surface area contributed by atoms with E-state index in [1.54, 1.807) is 0 Å². The molecule has 90 valence electrons. The molecule has 0 aliphatic rings. The molecule has 16 heavy (non-hydrogen) atoms. The molecule has 0 unspecified atom stereocenters. The van der Waals surface area contributed by atoms with Gasteiger partial charge in [0.1, 0.15) is 5.82 Å². The summed E-state index contributed by atoms with van der Waals surface area (Å²) in [6.07, 6.45) is 0.817. The largest absolute Gasteiger partial charge is 0.354 e. The van der Waals surface area contributed by atoms with Crippen LogP contribution in [0.4, 0.5) is 5.13 Å². The predicted octanol–water partition coefficient (Wildman–Crippen LogP) is 1.28. The summed E-state index contributed by atoms with van der Waals surface area (Å²) in [6.45, 7) is 7.08. The Hall–Kier alpha value is -1.17. The van der Waals surface area contributed by atoms with Crippen molar-refractivity contribution >= 4 is 22.6 Å². The summed E-state index contributed by atoms with van der Waals surface area (Å²) in [5.74, 6) is 1.27. The van der Waals surface area contributed by atoms with Gasteiger partial charge in [-0.25, -0.2) is 4.98 Å². The maximum Gasteiger partial charge on any atom is 0.239 e. The number of hydrogen-bond acceptors (Lipinski definition) is 5. The van der Waals surface area contributed by atoms with E-state index in [-0.39, 0.29) is 12.5 Å². The first-order valence-electron chi connectivity index (χ1n) is 5.45. The quantitative estimate of drug-likeness (QED) is 0.788. The molecule has 0 atom stereocenters.